The normalized spacial score (nSPS) is 12.4. The van der Waals surface area contributed by atoms with Crippen LogP contribution < -0.4 is 5.32 Å². The van der Waals surface area contributed by atoms with Gasteiger partial charge in [-0.15, -0.1) is 0 Å². The van der Waals surface area contributed by atoms with Crippen molar-refractivity contribution >= 4 is 14.3 Å². The summed E-state index contributed by atoms with van der Waals surface area (Å²) in [5, 5.41) is 7.77. The van der Waals surface area contributed by atoms with Gasteiger partial charge in [-0.1, -0.05) is 20.8 Å². The van der Waals surface area contributed by atoms with Gasteiger partial charge >= 0.3 is 5.97 Å². The number of aromatic nitrogens is 2. The number of carbonyl (C=O) groups excluding carboxylic acids is 1. The first-order valence-electron chi connectivity index (χ1n) is 8.14. The Morgan fingerprint density at radius 3 is 2.65 bits per heavy atom. The van der Waals surface area contributed by atoms with Crippen molar-refractivity contribution in [3.8, 4) is 0 Å². The molecule has 0 aliphatic carbocycles. The SMILES string of the molecule is COC(=O)c1ccnn1CCCNCCO[Si](C)(C)C(C)(C)C. The molecule has 0 aromatic carbocycles. The van der Waals surface area contributed by atoms with Crippen LogP contribution in [0.15, 0.2) is 12.3 Å². The van der Waals surface area contributed by atoms with Crippen LogP contribution >= 0.6 is 0 Å². The van der Waals surface area contributed by atoms with E-state index in [1.54, 1.807) is 16.9 Å². The van der Waals surface area contributed by atoms with Gasteiger partial charge in [-0.3, -0.25) is 4.68 Å². The summed E-state index contributed by atoms with van der Waals surface area (Å²) >= 11 is 0. The third-order valence-corrected chi connectivity index (χ3v) is 8.92. The predicted octanol–water partition coefficient (Wildman–Crippen LogP) is 2.67. The van der Waals surface area contributed by atoms with Crippen LogP contribution in [0.1, 0.15) is 37.7 Å². The van der Waals surface area contributed by atoms with E-state index in [9.17, 15) is 4.79 Å². The van der Waals surface area contributed by atoms with E-state index in [0.717, 1.165) is 26.1 Å². The second kappa shape index (κ2) is 8.61. The minimum Gasteiger partial charge on any atom is -0.464 e. The molecule has 0 radical (unpaired) electrons. The molecule has 0 bridgehead atoms. The van der Waals surface area contributed by atoms with Crippen LogP contribution in [0.5, 0.6) is 0 Å². The molecule has 0 saturated carbocycles. The highest BCUT2D eigenvalue weighted by Crippen LogP contribution is 2.36. The van der Waals surface area contributed by atoms with Gasteiger partial charge in [-0.05, 0) is 37.2 Å². The maximum absolute atomic E-state index is 11.5. The minimum atomic E-state index is -1.65. The number of esters is 1. The first-order valence-corrected chi connectivity index (χ1v) is 11.0. The number of nitrogens with zero attached hydrogens (tertiary/aromatic N) is 2. The average molecular weight is 342 g/mol. The van der Waals surface area contributed by atoms with Gasteiger partial charge in [-0.25, -0.2) is 4.79 Å². The Labute approximate surface area is 140 Å². The lowest BCUT2D eigenvalue weighted by Crippen LogP contribution is -2.42. The number of carbonyl (C=O) groups is 1. The van der Waals surface area contributed by atoms with Crippen molar-refractivity contribution in [1.29, 1.82) is 0 Å². The van der Waals surface area contributed by atoms with Gasteiger partial charge in [0, 0.05) is 25.9 Å². The molecular weight excluding hydrogens is 310 g/mol. The molecule has 132 valence electrons. The van der Waals surface area contributed by atoms with E-state index >= 15 is 0 Å². The van der Waals surface area contributed by atoms with E-state index in [4.69, 9.17) is 9.16 Å². The standard InChI is InChI=1S/C16H31N3O3Si/c1-16(2,3)23(5,6)22-13-11-17-9-7-12-19-14(8-10-18-19)15(20)21-4/h8,10,17H,7,9,11-13H2,1-6H3. The molecule has 23 heavy (non-hydrogen) atoms. The molecule has 0 saturated heterocycles. The smallest absolute Gasteiger partial charge is 0.356 e. The van der Waals surface area contributed by atoms with Crippen LogP contribution in [0, 0.1) is 0 Å². The number of nitrogens with one attached hydrogen (secondary N) is 1. The number of aryl methyl sites for hydroxylation is 1. The van der Waals surface area contributed by atoms with Crippen molar-refractivity contribution in [2.45, 2.75) is 51.9 Å². The molecule has 0 fully saturated rings. The highest BCUT2D eigenvalue weighted by atomic mass is 28.4. The lowest BCUT2D eigenvalue weighted by molar-refractivity contribution is 0.0586. The van der Waals surface area contributed by atoms with Gasteiger partial charge in [0.15, 0.2) is 8.32 Å². The van der Waals surface area contributed by atoms with Crippen molar-refractivity contribution < 1.29 is 14.0 Å². The number of hydrogen-bond donors (Lipinski definition) is 1. The van der Waals surface area contributed by atoms with Crippen molar-refractivity contribution in [3.05, 3.63) is 18.0 Å². The molecule has 6 nitrogen and oxygen atoms in total. The highest BCUT2D eigenvalue weighted by molar-refractivity contribution is 6.74. The fourth-order valence-corrected chi connectivity index (χ4v) is 2.91. The topological polar surface area (TPSA) is 65.4 Å². The van der Waals surface area contributed by atoms with Gasteiger partial charge < -0.3 is 14.5 Å². The number of hydrogen-bond acceptors (Lipinski definition) is 5. The largest absolute Gasteiger partial charge is 0.464 e. The monoisotopic (exact) mass is 341 g/mol. The summed E-state index contributed by atoms with van der Waals surface area (Å²) in [6.45, 7) is 14.4. The zero-order valence-electron chi connectivity index (χ0n) is 15.3. The van der Waals surface area contributed by atoms with Crippen molar-refractivity contribution in [1.82, 2.24) is 15.1 Å². The second-order valence-corrected chi connectivity index (χ2v) is 12.0. The summed E-state index contributed by atoms with van der Waals surface area (Å²) in [6, 6.07) is 1.67. The molecular formula is C16H31N3O3Si. The number of methoxy groups -OCH3 is 1. The summed E-state index contributed by atoms with van der Waals surface area (Å²) in [6.07, 6.45) is 2.51. The maximum atomic E-state index is 11.5. The molecule has 1 heterocycles. The van der Waals surface area contributed by atoms with E-state index in [1.165, 1.54) is 7.11 Å². The van der Waals surface area contributed by atoms with Crippen LogP contribution in [0.3, 0.4) is 0 Å². The second-order valence-electron chi connectivity index (χ2n) is 7.14. The summed E-state index contributed by atoms with van der Waals surface area (Å²) < 4.78 is 12.5. The first kappa shape index (κ1) is 19.9. The van der Waals surface area contributed by atoms with Gasteiger partial charge in [0.2, 0.25) is 0 Å². The van der Waals surface area contributed by atoms with E-state index in [2.05, 4.69) is 44.3 Å². The van der Waals surface area contributed by atoms with E-state index < -0.39 is 8.32 Å². The van der Waals surface area contributed by atoms with Crippen molar-refractivity contribution in [3.63, 3.8) is 0 Å². The molecule has 1 rings (SSSR count). The molecule has 1 aromatic rings. The Kier molecular flexibility index (Phi) is 7.43. The zero-order chi connectivity index (χ0) is 17.5. The third-order valence-electron chi connectivity index (χ3n) is 4.38. The van der Waals surface area contributed by atoms with Crippen LogP contribution in [-0.4, -0.2) is 50.9 Å². The van der Waals surface area contributed by atoms with Gasteiger partial charge in [0.05, 0.1) is 7.11 Å². The summed E-state index contributed by atoms with van der Waals surface area (Å²) in [5.74, 6) is -0.349. The molecule has 0 atom stereocenters. The minimum absolute atomic E-state index is 0.247. The number of rotatable bonds is 9. The fourth-order valence-electron chi connectivity index (χ4n) is 1.86. The summed E-state index contributed by atoms with van der Waals surface area (Å²) in [5.41, 5.74) is 0.494. The van der Waals surface area contributed by atoms with Crippen LogP contribution in [-0.2, 0) is 15.7 Å². The third kappa shape index (κ3) is 6.08. The van der Waals surface area contributed by atoms with Crippen LogP contribution in [0.2, 0.25) is 18.1 Å². The molecule has 7 heteroatoms. The Bertz CT molecular complexity index is 495. The Balaban J connectivity index is 2.20. The van der Waals surface area contributed by atoms with Crippen LogP contribution in [0.4, 0.5) is 0 Å². The van der Waals surface area contributed by atoms with E-state index in [0.29, 0.717) is 12.2 Å². The highest BCUT2D eigenvalue weighted by Gasteiger charge is 2.36. The molecule has 0 aliphatic rings. The Morgan fingerprint density at radius 1 is 1.35 bits per heavy atom. The van der Waals surface area contributed by atoms with Gasteiger partial charge in [-0.2, -0.15) is 5.10 Å². The maximum Gasteiger partial charge on any atom is 0.356 e. The summed E-state index contributed by atoms with van der Waals surface area (Å²) in [7, 11) is -0.268. The van der Waals surface area contributed by atoms with Crippen molar-refractivity contribution in [2.24, 2.45) is 0 Å². The molecule has 0 unspecified atom stereocenters. The predicted molar refractivity (Wildman–Crippen MR) is 94.2 cm³/mol. The average Bonchev–Trinajstić information content (AvgIpc) is 2.92. The lowest BCUT2D eigenvalue weighted by atomic mass is 10.2. The summed E-state index contributed by atoms with van der Waals surface area (Å²) in [4.78, 5) is 11.5. The molecule has 1 aromatic heterocycles. The Morgan fingerprint density at radius 2 is 2.04 bits per heavy atom. The lowest BCUT2D eigenvalue weighted by Gasteiger charge is -2.36. The van der Waals surface area contributed by atoms with Crippen molar-refractivity contribution in [2.75, 3.05) is 26.8 Å². The molecule has 0 aliphatic heterocycles. The van der Waals surface area contributed by atoms with Gasteiger partial charge in [0.25, 0.3) is 0 Å². The first-order chi connectivity index (χ1) is 10.7. The van der Waals surface area contributed by atoms with E-state index in [1.807, 2.05) is 0 Å². The molecule has 0 amide bonds. The zero-order valence-corrected chi connectivity index (χ0v) is 16.3. The van der Waals surface area contributed by atoms with E-state index in [-0.39, 0.29) is 11.0 Å². The fraction of sp³-hybridized carbons (Fsp3) is 0.750. The van der Waals surface area contributed by atoms with Gasteiger partial charge in [0.1, 0.15) is 5.69 Å². The quantitative estimate of drug-likeness (QED) is 0.425. The molecule has 1 N–H and O–H groups in total. The molecule has 0 spiro atoms. The Hall–Kier alpha value is -1.18. The van der Waals surface area contributed by atoms with Crippen LogP contribution in [0.25, 0.3) is 0 Å². The number of ether oxygens (including phenoxy) is 1.